The summed E-state index contributed by atoms with van der Waals surface area (Å²) in [5.74, 6) is -0.456. The zero-order valence-electron chi connectivity index (χ0n) is 25.4. The number of hydrogen-bond donors (Lipinski definition) is 0. The van der Waals surface area contributed by atoms with Gasteiger partial charge in [-0.1, -0.05) is 42.0 Å². The van der Waals surface area contributed by atoms with Crippen molar-refractivity contribution in [3.8, 4) is 0 Å². The number of carbonyl (C=O) groups excluding carboxylic acids is 1. The van der Waals surface area contributed by atoms with E-state index in [4.69, 9.17) is 52.1 Å². The standard InChI is InChI=1S/C29H55IO12/c1-2-29(31)42-28-27-41-26-25-40-24-23-39-22-21-38-20-19-37-18-17-36-16-15-35-14-13-34-12-11-33-10-9-32-8-6-4-3-5-7-30/h2H,1,3-28H2. The minimum Gasteiger partial charge on any atom is -0.460 e. The number of halogens is 1. The van der Waals surface area contributed by atoms with Crippen molar-refractivity contribution >= 4 is 28.6 Å². The van der Waals surface area contributed by atoms with Crippen LogP contribution in [0, 0.1) is 0 Å². The van der Waals surface area contributed by atoms with Gasteiger partial charge >= 0.3 is 5.97 Å². The monoisotopic (exact) mass is 722 g/mol. The molecule has 0 bridgehead atoms. The van der Waals surface area contributed by atoms with Crippen LogP contribution >= 0.6 is 22.6 Å². The van der Waals surface area contributed by atoms with Gasteiger partial charge in [-0.15, -0.1) is 0 Å². The van der Waals surface area contributed by atoms with E-state index in [-0.39, 0.29) is 6.61 Å². The maximum absolute atomic E-state index is 10.8. The Morgan fingerprint density at radius 2 is 0.667 bits per heavy atom. The molecule has 0 heterocycles. The number of unbranched alkanes of at least 4 members (excludes halogenated alkanes) is 3. The molecule has 0 aliphatic heterocycles. The molecule has 0 aliphatic rings. The Kier molecular flexibility index (Phi) is 38.1. The first kappa shape index (κ1) is 41.5. The van der Waals surface area contributed by atoms with Crippen molar-refractivity contribution in [1.29, 1.82) is 0 Å². The molecule has 0 N–H and O–H groups in total. The van der Waals surface area contributed by atoms with Gasteiger partial charge in [0.05, 0.1) is 126 Å². The molecule has 0 spiro atoms. The smallest absolute Gasteiger partial charge is 0.330 e. The Bertz CT molecular complexity index is 545. The topological polar surface area (TPSA) is 119 Å². The predicted octanol–water partition coefficient (Wildman–Crippen LogP) is 2.88. The van der Waals surface area contributed by atoms with E-state index >= 15 is 0 Å². The molecule has 250 valence electrons. The number of hydrogen-bond acceptors (Lipinski definition) is 12. The van der Waals surface area contributed by atoms with Crippen molar-refractivity contribution in [2.24, 2.45) is 0 Å². The lowest BCUT2D eigenvalue weighted by molar-refractivity contribution is -0.139. The molecule has 13 heteroatoms. The second-order valence-electron chi connectivity index (χ2n) is 8.60. The van der Waals surface area contributed by atoms with Gasteiger partial charge < -0.3 is 52.1 Å². The largest absolute Gasteiger partial charge is 0.460 e. The van der Waals surface area contributed by atoms with Crippen molar-refractivity contribution in [2.75, 3.05) is 143 Å². The summed E-state index contributed by atoms with van der Waals surface area (Å²) in [5, 5.41) is 0. The lowest BCUT2D eigenvalue weighted by Gasteiger charge is -2.09. The van der Waals surface area contributed by atoms with Crippen LogP contribution in [0.15, 0.2) is 12.7 Å². The van der Waals surface area contributed by atoms with Gasteiger partial charge in [0, 0.05) is 12.7 Å². The fourth-order valence-corrected chi connectivity index (χ4v) is 3.53. The summed E-state index contributed by atoms with van der Waals surface area (Å²) < 4.78 is 60.5. The highest BCUT2D eigenvalue weighted by Gasteiger charge is 1.97. The van der Waals surface area contributed by atoms with Crippen molar-refractivity contribution in [3.05, 3.63) is 12.7 Å². The molecule has 0 fully saturated rings. The van der Waals surface area contributed by atoms with Gasteiger partial charge in [0.25, 0.3) is 0 Å². The summed E-state index contributed by atoms with van der Waals surface area (Å²) in [5.41, 5.74) is 0. The molecule has 0 saturated carbocycles. The van der Waals surface area contributed by atoms with Gasteiger partial charge in [0.1, 0.15) is 6.61 Å². The third-order valence-electron chi connectivity index (χ3n) is 5.16. The fraction of sp³-hybridized carbons (Fsp3) is 0.897. The maximum Gasteiger partial charge on any atom is 0.330 e. The first-order chi connectivity index (χ1) is 20.8. The van der Waals surface area contributed by atoms with Gasteiger partial charge in [-0.25, -0.2) is 4.79 Å². The third kappa shape index (κ3) is 37.6. The molecular formula is C29H55IO12. The SMILES string of the molecule is C=CC(=O)OCCOCCOCCOCCOCCOCCOCCOCCOCCOCCOCCCCCCI. The molecule has 0 rings (SSSR count). The van der Waals surface area contributed by atoms with Crippen LogP contribution < -0.4 is 0 Å². The molecule has 0 saturated heterocycles. The zero-order chi connectivity index (χ0) is 30.4. The Morgan fingerprint density at radius 1 is 0.405 bits per heavy atom. The summed E-state index contributed by atoms with van der Waals surface area (Å²) in [6, 6.07) is 0. The molecule has 0 unspecified atom stereocenters. The molecular weight excluding hydrogens is 667 g/mol. The average Bonchev–Trinajstić information content (AvgIpc) is 3.00. The first-order valence-corrected chi connectivity index (χ1v) is 16.5. The predicted molar refractivity (Wildman–Crippen MR) is 167 cm³/mol. The van der Waals surface area contributed by atoms with Crippen LogP contribution in [0.25, 0.3) is 0 Å². The van der Waals surface area contributed by atoms with E-state index in [1.165, 1.54) is 23.7 Å². The number of alkyl halides is 1. The molecule has 0 aromatic heterocycles. The maximum atomic E-state index is 10.8. The van der Waals surface area contributed by atoms with E-state index in [1.807, 2.05) is 0 Å². The second-order valence-corrected chi connectivity index (χ2v) is 9.68. The highest BCUT2D eigenvalue weighted by atomic mass is 127. The minimum atomic E-state index is -0.456. The van der Waals surface area contributed by atoms with Crippen LogP contribution in [0.4, 0.5) is 0 Å². The van der Waals surface area contributed by atoms with Gasteiger partial charge in [0.15, 0.2) is 0 Å². The Labute approximate surface area is 266 Å². The van der Waals surface area contributed by atoms with E-state index in [0.717, 1.165) is 19.1 Å². The number of esters is 1. The summed E-state index contributed by atoms with van der Waals surface area (Å²) in [6.45, 7) is 14.0. The zero-order valence-corrected chi connectivity index (χ0v) is 27.6. The summed E-state index contributed by atoms with van der Waals surface area (Å²) >= 11 is 2.42. The van der Waals surface area contributed by atoms with E-state index in [9.17, 15) is 4.79 Å². The summed E-state index contributed by atoms with van der Waals surface area (Å²) in [6.07, 6.45) is 6.08. The van der Waals surface area contributed by atoms with Gasteiger partial charge in [-0.05, 0) is 17.3 Å². The molecule has 0 radical (unpaired) electrons. The van der Waals surface area contributed by atoms with Gasteiger partial charge in [-0.2, -0.15) is 0 Å². The van der Waals surface area contributed by atoms with Crippen LogP contribution in [0.3, 0.4) is 0 Å². The Morgan fingerprint density at radius 3 is 0.952 bits per heavy atom. The molecule has 0 aromatic rings. The molecule has 0 aromatic carbocycles. The number of rotatable bonds is 37. The van der Waals surface area contributed by atoms with E-state index in [1.54, 1.807) is 0 Å². The minimum absolute atomic E-state index is 0.202. The summed E-state index contributed by atoms with van der Waals surface area (Å²) in [7, 11) is 0. The van der Waals surface area contributed by atoms with Gasteiger partial charge in [-0.3, -0.25) is 0 Å². The highest BCUT2D eigenvalue weighted by molar-refractivity contribution is 14.1. The second kappa shape index (κ2) is 38.6. The normalized spacial score (nSPS) is 11.3. The van der Waals surface area contributed by atoms with E-state index < -0.39 is 5.97 Å². The molecule has 12 nitrogen and oxygen atoms in total. The first-order valence-electron chi connectivity index (χ1n) is 14.9. The average molecular weight is 723 g/mol. The van der Waals surface area contributed by atoms with Crippen molar-refractivity contribution in [2.45, 2.75) is 25.7 Å². The van der Waals surface area contributed by atoms with Gasteiger partial charge in [0.2, 0.25) is 0 Å². The molecule has 0 atom stereocenters. The Balaban J connectivity index is 3.04. The van der Waals surface area contributed by atoms with Crippen molar-refractivity contribution < 1.29 is 56.9 Å². The molecule has 0 aliphatic carbocycles. The van der Waals surface area contributed by atoms with Crippen LogP contribution in [-0.4, -0.2) is 149 Å². The van der Waals surface area contributed by atoms with Crippen molar-refractivity contribution in [1.82, 2.24) is 0 Å². The molecule has 0 amide bonds. The quantitative estimate of drug-likeness (QED) is 0.0309. The molecule has 42 heavy (non-hydrogen) atoms. The van der Waals surface area contributed by atoms with Crippen LogP contribution in [-0.2, 0) is 56.9 Å². The lowest BCUT2D eigenvalue weighted by atomic mass is 10.2. The van der Waals surface area contributed by atoms with E-state index in [0.29, 0.717) is 126 Å². The highest BCUT2D eigenvalue weighted by Crippen LogP contribution is 2.02. The lowest BCUT2D eigenvalue weighted by Crippen LogP contribution is -2.15. The van der Waals surface area contributed by atoms with E-state index in [2.05, 4.69) is 29.2 Å². The number of ether oxygens (including phenoxy) is 11. The third-order valence-corrected chi connectivity index (χ3v) is 5.92. The van der Waals surface area contributed by atoms with Crippen LogP contribution in [0.5, 0.6) is 0 Å². The van der Waals surface area contributed by atoms with Crippen molar-refractivity contribution in [3.63, 3.8) is 0 Å². The number of carbonyl (C=O) groups is 1. The fourth-order valence-electron chi connectivity index (χ4n) is 2.99. The van der Waals surface area contributed by atoms with Crippen LogP contribution in [0.2, 0.25) is 0 Å². The summed E-state index contributed by atoms with van der Waals surface area (Å²) in [4.78, 5) is 10.8. The Hall–Kier alpha value is -0.460. The van der Waals surface area contributed by atoms with Crippen LogP contribution in [0.1, 0.15) is 25.7 Å².